The second-order valence-electron chi connectivity index (χ2n) is 17.1. The summed E-state index contributed by atoms with van der Waals surface area (Å²) < 4.78 is 1.51. The molecule has 0 saturated carbocycles. The summed E-state index contributed by atoms with van der Waals surface area (Å²) in [5.74, 6) is -3.83. The van der Waals surface area contributed by atoms with E-state index < -0.39 is 17.9 Å². The van der Waals surface area contributed by atoms with Crippen molar-refractivity contribution in [1.29, 1.82) is 0 Å². The summed E-state index contributed by atoms with van der Waals surface area (Å²) in [6.07, 6.45) is 0.0684. The lowest BCUT2D eigenvalue weighted by atomic mass is 10.1. The van der Waals surface area contributed by atoms with E-state index in [9.17, 15) is 48.9 Å². The van der Waals surface area contributed by atoms with Crippen molar-refractivity contribution >= 4 is 128 Å². The van der Waals surface area contributed by atoms with Crippen molar-refractivity contribution in [3.63, 3.8) is 0 Å². The fourth-order valence-corrected chi connectivity index (χ4v) is 7.68. The van der Waals surface area contributed by atoms with Gasteiger partial charge in [-0.1, -0.05) is 65.1 Å². The molecule has 0 atom stereocenters. The number of rotatable bonds is 18. The molecule has 0 aliphatic rings. The number of aliphatic hydroxyl groups is 3. The molecule has 23 heteroatoms. The zero-order valence-corrected chi connectivity index (χ0v) is 47.0. The molecule has 0 aliphatic carbocycles. The van der Waals surface area contributed by atoms with Crippen molar-refractivity contribution in [2.45, 2.75) is 72.7 Å². The normalized spacial score (nSPS) is 10.6. The van der Waals surface area contributed by atoms with E-state index in [0.717, 1.165) is 5.56 Å². The van der Waals surface area contributed by atoms with Crippen molar-refractivity contribution in [1.82, 2.24) is 9.51 Å². The number of nitrogens with one attached hydrogen (secondary N) is 1. The first kappa shape index (κ1) is 66.8. The number of nitrogens with zero attached hydrogens (tertiary/aromatic N) is 4. The summed E-state index contributed by atoms with van der Waals surface area (Å²) in [5, 5.41) is 62.6. The van der Waals surface area contributed by atoms with E-state index in [-0.39, 0.29) is 87.8 Å². The molecule has 7 rings (SSSR count). The number of aromatic nitrogens is 1. The van der Waals surface area contributed by atoms with Crippen LogP contribution in [-0.2, 0) is 45.4 Å². The summed E-state index contributed by atoms with van der Waals surface area (Å²) >= 11 is 23.2. The van der Waals surface area contributed by atoms with Gasteiger partial charge in [0, 0.05) is 55.0 Å². The second kappa shape index (κ2) is 33.2. The summed E-state index contributed by atoms with van der Waals surface area (Å²) in [7, 11) is 0. The van der Waals surface area contributed by atoms with Crippen molar-refractivity contribution in [2.24, 2.45) is 5.10 Å². The largest absolute Gasteiger partial charge is 0.481 e. The van der Waals surface area contributed by atoms with Crippen molar-refractivity contribution in [3.8, 4) is 0 Å². The zero-order chi connectivity index (χ0) is 58.3. The van der Waals surface area contributed by atoms with Crippen LogP contribution >= 0.6 is 59.0 Å². The Bertz CT molecular complexity index is 3250. The minimum atomic E-state index is -0.976. The highest BCUT2D eigenvalue weighted by molar-refractivity contribution is 6.31. The number of carboxylic acid groups (broad SMARTS) is 3. The molecule has 0 bridgehead atoms. The number of aliphatic hydroxyl groups excluding tert-OH is 3. The Labute approximate surface area is 486 Å². The van der Waals surface area contributed by atoms with Crippen LogP contribution in [0.5, 0.6) is 0 Å². The molecule has 422 valence electrons. The SMILES string of the molecule is C/C(CCC(=O)O)=N\N(C(=O)c1ccc(Cl)cc1)c1ccc(CO)cc1.CC(=O)CCC(=O)O.Cc1c(CC(=O)O)c2cc(CO)ccc2n1C(=O)c1ccc(Cl)cc1.Cl.O=C(c1ccc(Cl)cc1)N(NCl)c1ccc(CO)cc1. The van der Waals surface area contributed by atoms with E-state index in [1.54, 1.807) is 153 Å². The molecule has 0 saturated heterocycles. The van der Waals surface area contributed by atoms with Crippen LogP contribution in [0.2, 0.25) is 15.1 Å². The predicted molar refractivity (Wildman–Crippen MR) is 310 cm³/mol. The Kier molecular flexibility index (Phi) is 27.7. The molecule has 18 nitrogen and oxygen atoms in total. The number of hydrazone groups is 1. The highest BCUT2D eigenvalue weighted by atomic mass is 35.5. The van der Waals surface area contributed by atoms with Crippen LogP contribution in [0.25, 0.3) is 10.9 Å². The standard InChI is InChI=1S/C19H19ClN2O4.C19H16ClNO4.C14H12Cl2N2O2.C5H8O3.ClH/c1-13(2-11-18(24)25)21-22(17-9-3-14(12-23)4-10-17)19(26)15-5-7-16(20)8-6-15;1-11-15(9-18(23)24)16-8-12(10-22)2-7-17(16)21(11)19(25)13-3-5-14(20)6-4-13;15-12-5-3-11(4-6-12)14(20)18(17-16)13-7-1-10(9-19)2-8-13;1-4(6)2-3-5(7)8;/h3-10,23H,2,11-12H2,1H3,(H,24,25);2-8,22H,9-10H2,1H3,(H,23,24);1-8,17,19H,9H2;2-3H2,1H3,(H,7,8);1H/b21-13+;;;;. The first-order valence-electron chi connectivity index (χ1n) is 23.8. The van der Waals surface area contributed by atoms with Crippen LogP contribution in [0.15, 0.2) is 145 Å². The maximum atomic E-state index is 13.0. The van der Waals surface area contributed by atoms with Gasteiger partial charge in [-0.05, 0) is 170 Å². The molecule has 2 amide bonds. The van der Waals surface area contributed by atoms with Crippen LogP contribution in [0.1, 0.15) is 98.6 Å². The number of carbonyl (C=O) groups is 7. The molecule has 80 heavy (non-hydrogen) atoms. The molecular formula is C57H56Cl5N5O13. The van der Waals surface area contributed by atoms with E-state index in [4.69, 9.17) is 61.9 Å². The third kappa shape index (κ3) is 20.3. The van der Waals surface area contributed by atoms with Gasteiger partial charge in [0.1, 0.15) is 5.78 Å². The molecule has 7 aromatic rings. The predicted octanol–water partition coefficient (Wildman–Crippen LogP) is 11.1. The number of amides is 2. The molecular weight excluding hydrogens is 1140 g/mol. The topological polar surface area (TPSA) is 277 Å². The Morgan fingerprint density at radius 2 is 0.963 bits per heavy atom. The number of hydrogen-bond donors (Lipinski definition) is 7. The zero-order valence-electron chi connectivity index (χ0n) is 43.2. The van der Waals surface area contributed by atoms with Crippen molar-refractivity contribution in [2.75, 3.05) is 10.0 Å². The molecule has 6 aromatic carbocycles. The van der Waals surface area contributed by atoms with E-state index in [2.05, 4.69) is 10.0 Å². The molecule has 0 fully saturated rings. The van der Waals surface area contributed by atoms with E-state index in [1.165, 1.54) is 21.5 Å². The number of hydrogen-bond acceptors (Lipinski definition) is 12. The molecule has 7 N–H and O–H groups in total. The maximum Gasteiger partial charge on any atom is 0.307 e. The van der Waals surface area contributed by atoms with Gasteiger partial charge in [0.25, 0.3) is 17.7 Å². The van der Waals surface area contributed by atoms with E-state index in [1.807, 2.05) is 0 Å². The molecule has 1 heterocycles. The maximum absolute atomic E-state index is 13.0. The number of aliphatic carboxylic acids is 3. The number of carboxylic acids is 3. The number of hydrazine groups is 1. The average molecular weight is 1200 g/mol. The number of carbonyl (C=O) groups excluding carboxylic acids is 4. The molecule has 0 radical (unpaired) electrons. The van der Waals surface area contributed by atoms with Gasteiger partial charge in [-0.3, -0.25) is 33.3 Å². The minimum Gasteiger partial charge on any atom is -0.481 e. The Morgan fingerprint density at radius 1 is 0.537 bits per heavy atom. The lowest BCUT2D eigenvalue weighted by Crippen LogP contribution is -2.37. The highest BCUT2D eigenvalue weighted by Gasteiger charge is 2.23. The second-order valence-corrected chi connectivity index (χ2v) is 18.6. The average Bonchev–Trinajstić information content (AvgIpc) is 3.74. The summed E-state index contributed by atoms with van der Waals surface area (Å²) in [4.78, 5) is 82.4. The Hall–Kier alpha value is -7.49. The molecule has 1 aromatic heterocycles. The first-order valence-corrected chi connectivity index (χ1v) is 25.3. The lowest BCUT2D eigenvalue weighted by molar-refractivity contribution is -0.138. The Morgan fingerprint density at radius 3 is 1.38 bits per heavy atom. The molecule has 0 unspecified atom stereocenters. The molecule has 0 spiro atoms. The fourth-order valence-electron chi connectivity index (χ4n) is 7.13. The van der Waals surface area contributed by atoms with Crippen molar-refractivity contribution in [3.05, 3.63) is 199 Å². The van der Waals surface area contributed by atoms with Crippen LogP contribution < -0.4 is 15.0 Å². The number of anilines is 2. The highest BCUT2D eigenvalue weighted by Crippen LogP contribution is 2.29. The minimum absolute atomic E-state index is 0. The third-order valence-corrected chi connectivity index (χ3v) is 12.2. The number of Topliss-reactive ketones (excluding diaryl/α,β-unsaturated/α-hetero) is 1. The first-order chi connectivity index (χ1) is 37.6. The molecule has 0 aliphatic heterocycles. The quantitative estimate of drug-likeness (QED) is 0.0239. The van der Waals surface area contributed by atoms with Gasteiger partial charge in [-0.15, -0.1) is 17.4 Å². The Balaban J connectivity index is 0.000000295. The van der Waals surface area contributed by atoms with Gasteiger partial charge < -0.3 is 35.4 Å². The van der Waals surface area contributed by atoms with E-state index >= 15 is 0 Å². The lowest BCUT2D eigenvalue weighted by Gasteiger charge is -2.20. The van der Waals surface area contributed by atoms with Crippen LogP contribution in [0.3, 0.4) is 0 Å². The summed E-state index contributed by atoms with van der Waals surface area (Å²) in [6, 6.07) is 38.2. The monoisotopic (exact) mass is 1190 g/mol. The fraction of sp³-hybridized carbons (Fsp3) is 0.193. The van der Waals surface area contributed by atoms with Crippen LogP contribution in [0, 0.1) is 6.92 Å². The smallest absolute Gasteiger partial charge is 0.307 e. The number of halogens is 5. The van der Waals surface area contributed by atoms with Crippen molar-refractivity contribution < 1.29 is 64.2 Å². The number of ketones is 1. The van der Waals surface area contributed by atoms with Crippen LogP contribution in [0.4, 0.5) is 11.4 Å². The summed E-state index contributed by atoms with van der Waals surface area (Å²) in [5.41, 5.74) is 6.78. The number of fused-ring (bicyclic) bond motifs is 1. The van der Waals surface area contributed by atoms with E-state index in [0.29, 0.717) is 82.1 Å². The van der Waals surface area contributed by atoms with Gasteiger partial charge >= 0.3 is 17.9 Å². The van der Waals surface area contributed by atoms with Gasteiger partial charge in [-0.2, -0.15) is 10.1 Å². The third-order valence-electron chi connectivity index (χ3n) is 11.3. The van der Waals surface area contributed by atoms with Gasteiger partial charge in [-0.25, -0.2) is 5.01 Å². The van der Waals surface area contributed by atoms with Gasteiger partial charge in [0.05, 0.1) is 56.0 Å². The van der Waals surface area contributed by atoms with Gasteiger partial charge in [0.2, 0.25) is 0 Å². The van der Waals surface area contributed by atoms with Gasteiger partial charge in [0.15, 0.2) is 0 Å². The number of benzene rings is 6. The van der Waals surface area contributed by atoms with Crippen LogP contribution in [-0.4, -0.2) is 82.3 Å². The summed E-state index contributed by atoms with van der Waals surface area (Å²) in [6.45, 7) is 4.46.